The molecule has 0 saturated carbocycles. The molecule has 2 saturated heterocycles. The smallest absolute Gasteiger partial charge is 0.257 e. The van der Waals surface area contributed by atoms with Gasteiger partial charge in [0.15, 0.2) is 0 Å². The fraction of sp³-hybridized carbons (Fsp3) is 0.588. The number of likely N-dealkylation sites (tertiary alicyclic amines) is 1. The Labute approximate surface area is 154 Å². The predicted molar refractivity (Wildman–Crippen MR) is 98.6 cm³/mol. The fourth-order valence-corrected chi connectivity index (χ4v) is 3.55. The summed E-state index contributed by atoms with van der Waals surface area (Å²) in [4.78, 5) is 17.3. The maximum absolute atomic E-state index is 12.9. The quantitative estimate of drug-likeness (QED) is 0.879. The molecule has 3 rings (SSSR count). The van der Waals surface area contributed by atoms with E-state index >= 15 is 0 Å². The van der Waals surface area contributed by atoms with Crippen LogP contribution in [0.2, 0.25) is 5.02 Å². The Hall–Kier alpha value is -1.01. The van der Waals surface area contributed by atoms with Gasteiger partial charge in [0.2, 0.25) is 0 Å². The van der Waals surface area contributed by atoms with E-state index in [1.54, 1.807) is 18.2 Å². The largest absolute Gasteiger partial charge is 0.493 e. The Kier molecular flexibility index (Phi) is 7.16. The van der Waals surface area contributed by atoms with Crippen molar-refractivity contribution in [3.05, 3.63) is 28.8 Å². The first-order chi connectivity index (χ1) is 11.2. The van der Waals surface area contributed by atoms with E-state index in [1.165, 1.54) is 0 Å². The van der Waals surface area contributed by atoms with Gasteiger partial charge in [0.05, 0.1) is 12.2 Å². The number of amides is 1. The van der Waals surface area contributed by atoms with E-state index in [4.69, 9.17) is 16.3 Å². The molecule has 2 aliphatic heterocycles. The summed E-state index contributed by atoms with van der Waals surface area (Å²) in [5, 5.41) is 3.96. The van der Waals surface area contributed by atoms with Gasteiger partial charge in [-0.05, 0) is 31.5 Å². The average Bonchev–Trinajstić information content (AvgIpc) is 3.06. The number of carbonyl (C=O) groups excluding carboxylic acids is 1. The normalized spacial score (nSPS) is 21.4. The van der Waals surface area contributed by atoms with E-state index in [-0.39, 0.29) is 18.3 Å². The van der Waals surface area contributed by atoms with E-state index in [9.17, 15) is 4.79 Å². The Morgan fingerprint density at radius 1 is 1.33 bits per heavy atom. The van der Waals surface area contributed by atoms with Crippen LogP contribution < -0.4 is 10.1 Å². The summed E-state index contributed by atoms with van der Waals surface area (Å²) in [5.41, 5.74) is 0.609. The highest BCUT2D eigenvalue weighted by atomic mass is 35.5. The molecule has 2 heterocycles. The van der Waals surface area contributed by atoms with Gasteiger partial charge in [-0.25, -0.2) is 0 Å². The van der Waals surface area contributed by atoms with Crippen molar-refractivity contribution in [2.24, 2.45) is 0 Å². The van der Waals surface area contributed by atoms with Gasteiger partial charge < -0.3 is 15.0 Å². The van der Waals surface area contributed by atoms with Crippen LogP contribution in [0.3, 0.4) is 0 Å². The number of benzene rings is 1. The van der Waals surface area contributed by atoms with E-state index in [0.717, 1.165) is 45.7 Å². The van der Waals surface area contributed by atoms with Crippen LogP contribution in [0, 0.1) is 0 Å². The van der Waals surface area contributed by atoms with Crippen LogP contribution in [0.1, 0.15) is 23.7 Å². The molecule has 1 amide bonds. The molecule has 1 unspecified atom stereocenters. The van der Waals surface area contributed by atoms with Crippen LogP contribution in [0.4, 0.5) is 0 Å². The topological polar surface area (TPSA) is 44.8 Å². The Morgan fingerprint density at radius 3 is 2.79 bits per heavy atom. The molecule has 1 aromatic carbocycles. The standard InChI is InChI=1S/C17H24ClN3O2.ClH/c1-2-23-16-11-13(18)3-4-15(16)17(22)21-8-5-14(12-21)20-9-6-19-7-10-20;/h3-4,11,14,19H,2,5-10,12H2,1H3;1H. The Bertz CT molecular complexity index is 565. The fourth-order valence-electron chi connectivity index (χ4n) is 3.39. The van der Waals surface area contributed by atoms with Gasteiger partial charge in [-0.15, -0.1) is 12.4 Å². The molecule has 0 bridgehead atoms. The van der Waals surface area contributed by atoms with Gasteiger partial charge in [-0.3, -0.25) is 9.69 Å². The molecular formula is C17H25Cl2N3O2. The summed E-state index contributed by atoms with van der Waals surface area (Å²) in [6.45, 7) is 8.24. The molecule has 2 fully saturated rings. The third-order valence-corrected chi connectivity index (χ3v) is 4.83. The second-order valence-electron chi connectivity index (χ2n) is 6.05. The number of hydrogen-bond acceptors (Lipinski definition) is 4. The van der Waals surface area contributed by atoms with Crippen LogP contribution in [0.25, 0.3) is 0 Å². The van der Waals surface area contributed by atoms with E-state index in [2.05, 4.69) is 10.2 Å². The van der Waals surface area contributed by atoms with Crippen molar-refractivity contribution in [2.75, 3.05) is 45.9 Å². The lowest BCUT2D eigenvalue weighted by Gasteiger charge is -2.32. The zero-order chi connectivity index (χ0) is 16.2. The first kappa shape index (κ1) is 19.3. The monoisotopic (exact) mass is 373 g/mol. The van der Waals surface area contributed by atoms with E-state index in [1.807, 2.05) is 11.8 Å². The Morgan fingerprint density at radius 2 is 2.08 bits per heavy atom. The number of halogens is 2. The molecule has 0 aromatic heterocycles. The maximum atomic E-state index is 12.9. The van der Waals surface area contributed by atoms with Crippen LogP contribution in [-0.2, 0) is 0 Å². The third kappa shape index (κ3) is 4.33. The molecule has 1 atom stereocenters. The van der Waals surface area contributed by atoms with Crippen LogP contribution in [-0.4, -0.2) is 67.6 Å². The minimum absolute atomic E-state index is 0. The second-order valence-corrected chi connectivity index (χ2v) is 6.49. The third-order valence-electron chi connectivity index (χ3n) is 4.59. The molecule has 7 heteroatoms. The number of nitrogens with one attached hydrogen (secondary N) is 1. The van der Waals surface area contributed by atoms with Crippen molar-refractivity contribution in [3.8, 4) is 5.75 Å². The maximum Gasteiger partial charge on any atom is 0.257 e. The minimum Gasteiger partial charge on any atom is -0.493 e. The van der Waals surface area contributed by atoms with Gasteiger partial charge in [0.25, 0.3) is 5.91 Å². The SMILES string of the molecule is CCOc1cc(Cl)ccc1C(=O)N1CCC(N2CCNCC2)C1.Cl. The van der Waals surface area contributed by atoms with Gasteiger partial charge in [-0.1, -0.05) is 11.6 Å². The first-order valence-corrected chi connectivity index (χ1v) is 8.73. The summed E-state index contributed by atoms with van der Waals surface area (Å²) in [7, 11) is 0. The van der Waals surface area contributed by atoms with Crippen LogP contribution in [0.5, 0.6) is 5.75 Å². The van der Waals surface area contributed by atoms with Crippen molar-refractivity contribution >= 4 is 29.9 Å². The molecule has 24 heavy (non-hydrogen) atoms. The molecular weight excluding hydrogens is 349 g/mol. The van der Waals surface area contributed by atoms with Crippen molar-refractivity contribution in [1.82, 2.24) is 15.1 Å². The number of piperazine rings is 1. The summed E-state index contributed by atoms with van der Waals surface area (Å²) < 4.78 is 5.59. The summed E-state index contributed by atoms with van der Waals surface area (Å²) >= 11 is 6.02. The molecule has 0 radical (unpaired) electrons. The lowest BCUT2D eigenvalue weighted by Crippen LogP contribution is -2.49. The van der Waals surface area contributed by atoms with Crippen molar-refractivity contribution in [3.63, 3.8) is 0 Å². The summed E-state index contributed by atoms with van der Waals surface area (Å²) in [6, 6.07) is 5.72. The highest BCUT2D eigenvalue weighted by Crippen LogP contribution is 2.27. The van der Waals surface area contributed by atoms with Crippen molar-refractivity contribution in [1.29, 1.82) is 0 Å². The van der Waals surface area contributed by atoms with Crippen LogP contribution in [0.15, 0.2) is 18.2 Å². The number of nitrogens with zero attached hydrogens (tertiary/aromatic N) is 2. The molecule has 134 valence electrons. The predicted octanol–water partition coefficient (Wildman–Crippen LogP) is 2.28. The molecule has 1 N–H and O–H groups in total. The minimum atomic E-state index is 0. The van der Waals surface area contributed by atoms with Crippen molar-refractivity contribution in [2.45, 2.75) is 19.4 Å². The summed E-state index contributed by atoms with van der Waals surface area (Å²) in [6.07, 6.45) is 1.04. The second kappa shape index (κ2) is 8.90. The lowest BCUT2D eigenvalue weighted by atomic mass is 10.1. The number of rotatable bonds is 4. The molecule has 2 aliphatic rings. The number of hydrogen-bond donors (Lipinski definition) is 1. The van der Waals surface area contributed by atoms with E-state index in [0.29, 0.717) is 29.0 Å². The van der Waals surface area contributed by atoms with Crippen LogP contribution >= 0.6 is 24.0 Å². The van der Waals surface area contributed by atoms with Crippen molar-refractivity contribution < 1.29 is 9.53 Å². The van der Waals surface area contributed by atoms with Gasteiger partial charge in [0, 0.05) is 50.3 Å². The van der Waals surface area contributed by atoms with Gasteiger partial charge in [0.1, 0.15) is 5.75 Å². The zero-order valence-electron chi connectivity index (χ0n) is 14.0. The zero-order valence-corrected chi connectivity index (χ0v) is 15.5. The number of carbonyl (C=O) groups is 1. The molecule has 0 aliphatic carbocycles. The Balaban J connectivity index is 0.00000208. The van der Waals surface area contributed by atoms with Gasteiger partial charge in [-0.2, -0.15) is 0 Å². The first-order valence-electron chi connectivity index (χ1n) is 8.35. The molecule has 0 spiro atoms. The summed E-state index contributed by atoms with van der Waals surface area (Å²) in [5.74, 6) is 0.623. The highest BCUT2D eigenvalue weighted by molar-refractivity contribution is 6.30. The lowest BCUT2D eigenvalue weighted by molar-refractivity contribution is 0.0769. The molecule has 1 aromatic rings. The van der Waals surface area contributed by atoms with E-state index < -0.39 is 0 Å². The van der Waals surface area contributed by atoms with Gasteiger partial charge >= 0.3 is 0 Å². The number of ether oxygens (including phenoxy) is 1. The average molecular weight is 374 g/mol. The highest BCUT2D eigenvalue weighted by Gasteiger charge is 2.32. The molecule has 5 nitrogen and oxygen atoms in total.